The molecule has 0 fully saturated rings. The maximum atomic E-state index is 4.56. The normalized spacial score (nSPS) is 12.8. The minimum Gasteiger partial charge on any atom is -0.348 e. The van der Waals surface area contributed by atoms with Gasteiger partial charge < -0.3 is 9.88 Å². The van der Waals surface area contributed by atoms with Crippen LogP contribution >= 0.6 is 15.9 Å². The maximum Gasteiger partial charge on any atom is 0.0739 e. The number of aryl methyl sites for hydroxylation is 2. The summed E-state index contributed by atoms with van der Waals surface area (Å²) in [6.45, 7) is 8.13. The standard InChI is InChI=1S/C16H25BrN4/c1-5-7-14(18-4)13-8-9-20(10-13)11-15-16(17)12(3)19-21(15)6-2/h8-10,14,18H,5-7,11H2,1-4H3. The number of hydrogen-bond donors (Lipinski definition) is 1. The highest BCUT2D eigenvalue weighted by Gasteiger charge is 2.14. The van der Waals surface area contributed by atoms with Gasteiger partial charge in [-0.25, -0.2) is 0 Å². The summed E-state index contributed by atoms with van der Waals surface area (Å²) >= 11 is 3.66. The molecule has 0 saturated carbocycles. The lowest BCUT2D eigenvalue weighted by atomic mass is 10.1. The summed E-state index contributed by atoms with van der Waals surface area (Å²) in [7, 11) is 2.03. The summed E-state index contributed by atoms with van der Waals surface area (Å²) in [4.78, 5) is 0. The Morgan fingerprint density at radius 1 is 1.38 bits per heavy atom. The fraction of sp³-hybridized carbons (Fsp3) is 0.562. The highest BCUT2D eigenvalue weighted by Crippen LogP contribution is 2.23. The van der Waals surface area contributed by atoms with Crippen molar-refractivity contribution >= 4 is 15.9 Å². The van der Waals surface area contributed by atoms with Gasteiger partial charge in [-0.05, 0) is 54.9 Å². The zero-order valence-corrected chi connectivity index (χ0v) is 14.9. The second-order valence-corrected chi connectivity index (χ2v) is 6.20. The lowest BCUT2D eigenvalue weighted by Crippen LogP contribution is -2.15. The van der Waals surface area contributed by atoms with Gasteiger partial charge in [0.1, 0.15) is 0 Å². The molecule has 1 unspecified atom stereocenters. The van der Waals surface area contributed by atoms with Crippen molar-refractivity contribution in [2.45, 2.75) is 52.7 Å². The molecular formula is C16H25BrN4. The van der Waals surface area contributed by atoms with Crippen molar-refractivity contribution in [2.24, 2.45) is 0 Å². The van der Waals surface area contributed by atoms with Crippen molar-refractivity contribution in [3.05, 3.63) is 39.9 Å². The summed E-state index contributed by atoms with van der Waals surface area (Å²) in [5.41, 5.74) is 3.64. The van der Waals surface area contributed by atoms with E-state index in [0.717, 1.165) is 29.7 Å². The number of rotatable bonds is 7. The first-order chi connectivity index (χ1) is 10.1. The lowest BCUT2D eigenvalue weighted by Gasteiger charge is -2.13. The van der Waals surface area contributed by atoms with Crippen LogP contribution in [0.5, 0.6) is 0 Å². The molecule has 0 aliphatic heterocycles. The molecule has 21 heavy (non-hydrogen) atoms. The zero-order chi connectivity index (χ0) is 15.4. The Kier molecular flexibility index (Phi) is 5.65. The van der Waals surface area contributed by atoms with E-state index in [-0.39, 0.29) is 0 Å². The molecule has 1 atom stereocenters. The predicted molar refractivity (Wildman–Crippen MR) is 90.6 cm³/mol. The van der Waals surface area contributed by atoms with E-state index in [0.29, 0.717) is 6.04 Å². The predicted octanol–water partition coefficient (Wildman–Crippen LogP) is 3.88. The summed E-state index contributed by atoms with van der Waals surface area (Å²) in [6.07, 6.45) is 6.75. The third-order valence-corrected chi connectivity index (χ3v) is 4.92. The number of nitrogens with zero attached hydrogens (tertiary/aromatic N) is 3. The van der Waals surface area contributed by atoms with E-state index in [1.54, 1.807) is 0 Å². The molecule has 2 rings (SSSR count). The average molecular weight is 353 g/mol. The molecule has 0 amide bonds. The number of hydrogen-bond acceptors (Lipinski definition) is 2. The zero-order valence-electron chi connectivity index (χ0n) is 13.4. The van der Waals surface area contributed by atoms with E-state index in [1.165, 1.54) is 17.7 Å². The number of aromatic nitrogens is 3. The van der Waals surface area contributed by atoms with E-state index >= 15 is 0 Å². The molecule has 0 aliphatic carbocycles. The van der Waals surface area contributed by atoms with E-state index in [2.05, 4.69) is 67.9 Å². The van der Waals surface area contributed by atoms with Crippen molar-refractivity contribution < 1.29 is 0 Å². The maximum absolute atomic E-state index is 4.56. The molecule has 2 aromatic heterocycles. The first-order valence-electron chi connectivity index (χ1n) is 7.65. The number of nitrogens with one attached hydrogen (secondary N) is 1. The first-order valence-corrected chi connectivity index (χ1v) is 8.44. The molecule has 2 aromatic rings. The van der Waals surface area contributed by atoms with Crippen molar-refractivity contribution in [1.29, 1.82) is 0 Å². The molecule has 0 spiro atoms. The van der Waals surface area contributed by atoms with Gasteiger partial charge in [0.05, 0.1) is 22.4 Å². The SMILES string of the molecule is CCCC(NC)c1ccn(Cc2c(Br)c(C)nn2CC)c1. The van der Waals surface area contributed by atoms with Crippen LogP contribution in [0.4, 0.5) is 0 Å². The highest BCUT2D eigenvalue weighted by atomic mass is 79.9. The van der Waals surface area contributed by atoms with Crippen molar-refractivity contribution in [3.8, 4) is 0 Å². The van der Waals surface area contributed by atoms with Gasteiger partial charge in [-0.15, -0.1) is 0 Å². The molecule has 0 radical (unpaired) electrons. The minimum absolute atomic E-state index is 0.442. The topological polar surface area (TPSA) is 34.8 Å². The van der Waals surface area contributed by atoms with Gasteiger partial charge in [-0.1, -0.05) is 13.3 Å². The fourth-order valence-electron chi connectivity index (χ4n) is 2.72. The Bertz CT molecular complexity index is 585. The Hall–Kier alpha value is -1.07. The van der Waals surface area contributed by atoms with Crippen molar-refractivity contribution in [3.63, 3.8) is 0 Å². The summed E-state index contributed by atoms with van der Waals surface area (Å²) in [5.74, 6) is 0. The summed E-state index contributed by atoms with van der Waals surface area (Å²) < 4.78 is 5.43. The molecule has 0 aliphatic rings. The fourth-order valence-corrected chi connectivity index (χ4v) is 3.13. The second kappa shape index (κ2) is 7.27. The molecule has 0 aromatic carbocycles. The van der Waals surface area contributed by atoms with Crippen molar-refractivity contribution in [2.75, 3.05) is 7.05 Å². The molecule has 0 bridgehead atoms. The third kappa shape index (κ3) is 3.58. The molecule has 116 valence electrons. The van der Waals surface area contributed by atoms with E-state index in [1.807, 2.05) is 14.0 Å². The second-order valence-electron chi connectivity index (χ2n) is 5.41. The first kappa shape index (κ1) is 16.3. The van der Waals surface area contributed by atoms with E-state index < -0.39 is 0 Å². The lowest BCUT2D eigenvalue weighted by molar-refractivity contribution is 0.539. The van der Waals surface area contributed by atoms with Gasteiger partial charge in [0.2, 0.25) is 0 Å². The van der Waals surface area contributed by atoms with Crippen LogP contribution < -0.4 is 5.32 Å². The minimum atomic E-state index is 0.442. The monoisotopic (exact) mass is 352 g/mol. The van der Waals surface area contributed by atoms with Gasteiger partial charge >= 0.3 is 0 Å². The molecule has 0 saturated heterocycles. The molecule has 1 N–H and O–H groups in total. The average Bonchev–Trinajstić information content (AvgIpc) is 3.05. The van der Waals surface area contributed by atoms with E-state index in [4.69, 9.17) is 0 Å². The largest absolute Gasteiger partial charge is 0.348 e. The highest BCUT2D eigenvalue weighted by molar-refractivity contribution is 9.10. The third-order valence-electron chi connectivity index (χ3n) is 3.89. The molecule has 4 nitrogen and oxygen atoms in total. The van der Waals surface area contributed by atoms with Crippen LogP contribution in [0.1, 0.15) is 49.7 Å². The summed E-state index contributed by atoms with van der Waals surface area (Å²) in [5, 5.41) is 7.95. The van der Waals surface area contributed by atoms with Crippen LogP contribution in [0.2, 0.25) is 0 Å². The van der Waals surface area contributed by atoms with Gasteiger partial charge in [-0.2, -0.15) is 5.10 Å². The van der Waals surface area contributed by atoms with Crippen LogP contribution in [0.3, 0.4) is 0 Å². The van der Waals surface area contributed by atoms with Crippen LogP contribution in [-0.2, 0) is 13.1 Å². The van der Waals surface area contributed by atoms with Crippen LogP contribution in [0.15, 0.2) is 22.9 Å². The quantitative estimate of drug-likeness (QED) is 0.820. The summed E-state index contributed by atoms with van der Waals surface area (Å²) in [6, 6.07) is 2.65. The Morgan fingerprint density at radius 3 is 2.76 bits per heavy atom. The molecule has 5 heteroatoms. The van der Waals surface area contributed by atoms with Crippen LogP contribution in [-0.4, -0.2) is 21.4 Å². The Balaban J connectivity index is 2.19. The van der Waals surface area contributed by atoms with Gasteiger partial charge in [-0.3, -0.25) is 4.68 Å². The molecular weight excluding hydrogens is 328 g/mol. The van der Waals surface area contributed by atoms with Crippen LogP contribution in [0.25, 0.3) is 0 Å². The van der Waals surface area contributed by atoms with Crippen LogP contribution in [0, 0.1) is 6.92 Å². The van der Waals surface area contributed by atoms with Gasteiger partial charge in [0.25, 0.3) is 0 Å². The van der Waals surface area contributed by atoms with Crippen molar-refractivity contribution in [1.82, 2.24) is 19.7 Å². The number of halogens is 1. The smallest absolute Gasteiger partial charge is 0.0739 e. The van der Waals surface area contributed by atoms with Gasteiger partial charge in [0, 0.05) is 25.0 Å². The Morgan fingerprint density at radius 2 is 2.14 bits per heavy atom. The van der Waals surface area contributed by atoms with E-state index in [9.17, 15) is 0 Å². The van der Waals surface area contributed by atoms with Gasteiger partial charge in [0.15, 0.2) is 0 Å². The molecule has 2 heterocycles. The Labute approximate surface area is 135 Å².